The number of hydrogen-bond acceptors (Lipinski definition) is 2. The zero-order valence-electron chi connectivity index (χ0n) is 13.3. The average Bonchev–Trinajstić information content (AvgIpc) is 2.52. The molecule has 0 aromatic heterocycles. The van der Waals surface area contributed by atoms with Crippen LogP contribution in [0, 0.1) is 17.3 Å². The summed E-state index contributed by atoms with van der Waals surface area (Å²) in [6, 6.07) is 0.329. The monoisotopic (exact) mass is 267 g/mol. The SMILES string of the molecule is CC1CCNC(C2(O)CCCC(C(C)(C)C)CC2)C1. The molecule has 2 heteroatoms. The third kappa shape index (κ3) is 3.72. The summed E-state index contributed by atoms with van der Waals surface area (Å²) >= 11 is 0. The Bertz CT molecular complexity index is 296. The summed E-state index contributed by atoms with van der Waals surface area (Å²) in [5.41, 5.74) is -0.0623. The van der Waals surface area contributed by atoms with Gasteiger partial charge in [-0.3, -0.25) is 0 Å². The molecule has 0 spiro atoms. The predicted octanol–water partition coefficient (Wildman–Crippen LogP) is 3.73. The van der Waals surface area contributed by atoms with Gasteiger partial charge in [-0.2, -0.15) is 0 Å². The van der Waals surface area contributed by atoms with Crippen molar-refractivity contribution in [2.75, 3.05) is 6.54 Å². The van der Waals surface area contributed by atoms with Gasteiger partial charge in [0.2, 0.25) is 0 Å². The van der Waals surface area contributed by atoms with Crippen molar-refractivity contribution in [3.05, 3.63) is 0 Å². The largest absolute Gasteiger partial charge is 0.388 e. The molecule has 0 bridgehead atoms. The summed E-state index contributed by atoms with van der Waals surface area (Å²) in [6.07, 6.45) is 8.04. The third-order valence-corrected chi connectivity index (χ3v) is 5.63. The van der Waals surface area contributed by atoms with Crippen molar-refractivity contribution in [3.63, 3.8) is 0 Å². The van der Waals surface area contributed by atoms with Crippen LogP contribution in [0.15, 0.2) is 0 Å². The molecule has 1 aliphatic carbocycles. The van der Waals surface area contributed by atoms with Crippen LogP contribution in [0.4, 0.5) is 0 Å². The van der Waals surface area contributed by atoms with Crippen molar-refractivity contribution >= 4 is 0 Å². The van der Waals surface area contributed by atoms with Crippen molar-refractivity contribution in [2.24, 2.45) is 17.3 Å². The van der Waals surface area contributed by atoms with Crippen LogP contribution in [-0.2, 0) is 0 Å². The van der Waals surface area contributed by atoms with E-state index in [1.165, 1.54) is 25.7 Å². The molecule has 2 N–H and O–H groups in total. The number of piperidine rings is 1. The van der Waals surface area contributed by atoms with E-state index in [-0.39, 0.29) is 0 Å². The first-order valence-electron chi connectivity index (χ1n) is 8.27. The van der Waals surface area contributed by atoms with Gasteiger partial charge in [0.15, 0.2) is 0 Å². The predicted molar refractivity (Wildman–Crippen MR) is 81.2 cm³/mol. The second-order valence-electron chi connectivity index (χ2n) is 8.23. The first kappa shape index (κ1) is 15.3. The summed E-state index contributed by atoms with van der Waals surface area (Å²) in [4.78, 5) is 0. The Balaban J connectivity index is 2.00. The first-order chi connectivity index (χ1) is 8.81. The van der Waals surface area contributed by atoms with Crippen LogP contribution in [0.3, 0.4) is 0 Å². The summed E-state index contributed by atoms with van der Waals surface area (Å²) in [5.74, 6) is 1.53. The fourth-order valence-electron chi connectivity index (χ4n) is 4.08. The van der Waals surface area contributed by atoms with Crippen LogP contribution in [0.2, 0.25) is 0 Å². The summed E-state index contributed by atoms with van der Waals surface area (Å²) in [7, 11) is 0. The van der Waals surface area contributed by atoms with Gasteiger partial charge in [0.05, 0.1) is 5.60 Å². The van der Waals surface area contributed by atoms with Gasteiger partial charge in [0.25, 0.3) is 0 Å². The molecular weight excluding hydrogens is 234 g/mol. The van der Waals surface area contributed by atoms with E-state index < -0.39 is 5.60 Å². The molecule has 1 aliphatic heterocycles. The normalized spacial score (nSPS) is 41.8. The lowest BCUT2D eigenvalue weighted by molar-refractivity contribution is -0.0279. The first-order valence-corrected chi connectivity index (χ1v) is 8.27. The van der Waals surface area contributed by atoms with E-state index >= 15 is 0 Å². The van der Waals surface area contributed by atoms with E-state index in [0.29, 0.717) is 11.5 Å². The highest BCUT2D eigenvalue weighted by molar-refractivity contribution is 4.97. The summed E-state index contributed by atoms with van der Waals surface area (Å²) in [5, 5.41) is 14.7. The molecule has 0 aromatic carbocycles. The maximum atomic E-state index is 11.1. The Morgan fingerprint density at radius 2 is 1.84 bits per heavy atom. The second kappa shape index (κ2) is 5.73. The molecule has 2 aliphatic rings. The van der Waals surface area contributed by atoms with Crippen LogP contribution >= 0.6 is 0 Å². The zero-order valence-corrected chi connectivity index (χ0v) is 13.3. The van der Waals surface area contributed by atoms with Crippen molar-refractivity contribution in [2.45, 2.75) is 84.3 Å². The Morgan fingerprint density at radius 3 is 2.47 bits per heavy atom. The maximum absolute atomic E-state index is 11.1. The Kier molecular flexibility index (Phi) is 4.62. The number of hydrogen-bond donors (Lipinski definition) is 2. The lowest BCUT2D eigenvalue weighted by atomic mass is 9.75. The van der Waals surface area contributed by atoms with Gasteiger partial charge in [-0.1, -0.05) is 34.1 Å². The molecule has 4 unspecified atom stereocenters. The summed E-state index contributed by atoms with van der Waals surface area (Å²) in [6.45, 7) is 10.5. The van der Waals surface area contributed by atoms with Gasteiger partial charge in [-0.15, -0.1) is 0 Å². The highest BCUT2D eigenvalue weighted by Gasteiger charge is 2.41. The maximum Gasteiger partial charge on any atom is 0.0800 e. The number of nitrogens with one attached hydrogen (secondary N) is 1. The topological polar surface area (TPSA) is 32.3 Å². The van der Waals surface area contributed by atoms with Crippen LogP contribution in [0.1, 0.15) is 72.6 Å². The minimum Gasteiger partial charge on any atom is -0.388 e. The Hall–Kier alpha value is -0.0800. The number of rotatable bonds is 1. The Morgan fingerprint density at radius 1 is 1.11 bits per heavy atom. The molecule has 4 atom stereocenters. The Labute approximate surface area is 119 Å². The zero-order chi connectivity index (χ0) is 14.1. The van der Waals surface area contributed by atoms with Gasteiger partial charge in [0.1, 0.15) is 0 Å². The molecule has 2 rings (SSSR count). The van der Waals surface area contributed by atoms with Gasteiger partial charge in [-0.25, -0.2) is 0 Å². The van der Waals surface area contributed by atoms with E-state index in [9.17, 15) is 5.11 Å². The minimum absolute atomic E-state index is 0.329. The molecule has 19 heavy (non-hydrogen) atoms. The smallest absolute Gasteiger partial charge is 0.0800 e. The molecule has 2 fully saturated rings. The fourth-order valence-corrected chi connectivity index (χ4v) is 4.08. The lowest BCUT2D eigenvalue weighted by Gasteiger charge is -2.41. The van der Waals surface area contributed by atoms with E-state index in [1.54, 1.807) is 0 Å². The minimum atomic E-state index is -0.450. The second-order valence-corrected chi connectivity index (χ2v) is 8.23. The molecule has 1 saturated carbocycles. The standard InChI is InChI=1S/C17H33NO/c1-13-8-11-18-15(12-13)17(19)9-5-6-14(7-10-17)16(2,3)4/h13-15,18-19H,5-12H2,1-4H3. The third-order valence-electron chi connectivity index (χ3n) is 5.63. The molecule has 1 heterocycles. The highest BCUT2D eigenvalue weighted by atomic mass is 16.3. The van der Waals surface area contributed by atoms with Crippen LogP contribution in [-0.4, -0.2) is 23.3 Å². The molecule has 0 aromatic rings. The lowest BCUT2D eigenvalue weighted by Crippen LogP contribution is -2.54. The van der Waals surface area contributed by atoms with Gasteiger partial charge >= 0.3 is 0 Å². The van der Waals surface area contributed by atoms with Gasteiger partial charge in [0, 0.05) is 6.04 Å². The van der Waals surface area contributed by atoms with E-state index in [2.05, 4.69) is 33.0 Å². The average molecular weight is 267 g/mol. The van der Waals surface area contributed by atoms with Crippen LogP contribution in [0.5, 0.6) is 0 Å². The van der Waals surface area contributed by atoms with Crippen molar-refractivity contribution in [1.82, 2.24) is 5.32 Å². The molecular formula is C17H33NO. The molecule has 1 saturated heterocycles. The van der Waals surface area contributed by atoms with Crippen LogP contribution < -0.4 is 5.32 Å². The van der Waals surface area contributed by atoms with E-state index in [4.69, 9.17) is 0 Å². The van der Waals surface area contributed by atoms with Crippen LogP contribution in [0.25, 0.3) is 0 Å². The van der Waals surface area contributed by atoms with Gasteiger partial charge in [-0.05, 0) is 62.3 Å². The number of aliphatic hydroxyl groups is 1. The molecule has 0 amide bonds. The van der Waals surface area contributed by atoms with Gasteiger partial charge < -0.3 is 10.4 Å². The van der Waals surface area contributed by atoms with Crippen molar-refractivity contribution in [3.8, 4) is 0 Å². The molecule has 2 nitrogen and oxygen atoms in total. The van der Waals surface area contributed by atoms with Crippen molar-refractivity contribution in [1.29, 1.82) is 0 Å². The molecule has 112 valence electrons. The highest BCUT2D eigenvalue weighted by Crippen LogP contribution is 2.42. The van der Waals surface area contributed by atoms with Crippen molar-refractivity contribution < 1.29 is 5.11 Å². The van der Waals surface area contributed by atoms with E-state index in [1.807, 2.05) is 0 Å². The molecule has 0 radical (unpaired) electrons. The van der Waals surface area contributed by atoms with E-state index in [0.717, 1.165) is 37.6 Å². The fraction of sp³-hybridized carbons (Fsp3) is 1.00. The quantitative estimate of drug-likeness (QED) is 0.710. The summed E-state index contributed by atoms with van der Waals surface area (Å²) < 4.78 is 0.